The molecule has 1 heterocycles. The summed E-state index contributed by atoms with van der Waals surface area (Å²) in [5, 5.41) is 0. The Bertz CT molecular complexity index is 192. The minimum Gasteiger partial charge on any atom is -0.350 e. The molecule has 3 nitrogen and oxygen atoms in total. The second-order valence-corrected chi connectivity index (χ2v) is 3.19. The van der Waals surface area contributed by atoms with Gasteiger partial charge in [-0.1, -0.05) is 19.1 Å². The Kier molecular flexibility index (Phi) is 4.12. The summed E-state index contributed by atoms with van der Waals surface area (Å²) in [4.78, 5) is 11.3. The molecule has 0 N–H and O–H groups in total. The van der Waals surface area contributed by atoms with Crippen molar-refractivity contribution in [2.45, 2.75) is 32.5 Å². The average Bonchev–Trinajstić information content (AvgIpc) is 2.56. The Labute approximate surface area is 78.7 Å². The van der Waals surface area contributed by atoms with Gasteiger partial charge in [0.2, 0.25) is 0 Å². The van der Waals surface area contributed by atoms with Gasteiger partial charge in [0.25, 0.3) is 0 Å². The molecule has 0 amide bonds. The minimum atomic E-state index is -0.308. The van der Waals surface area contributed by atoms with Gasteiger partial charge < -0.3 is 9.47 Å². The second kappa shape index (κ2) is 5.14. The second-order valence-electron chi connectivity index (χ2n) is 3.19. The van der Waals surface area contributed by atoms with Crippen LogP contribution in [0.3, 0.4) is 0 Å². The van der Waals surface area contributed by atoms with Gasteiger partial charge in [-0.2, -0.15) is 0 Å². The van der Waals surface area contributed by atoms with Crippen molar-refractivity contribution >= 4 is 5.78 Å². The van der Waals surface area contributed by atoms with Crippen LogP contribution in [-0.2, 0) is 14.3 Å². The van der Waals surface area contributed by atoms with Crippen molar-refractivity contribution in [3.63, 3.8) is 0 Å². The van der Waals surface area contributed by atoms with Crippen LogP contribution in [0.25, 0.3) is 0 Å². The molecule has 0 aromatic carbocycles. The zero-order valence-corrected chi connectivity index (χ0v) is 8.04. The van der Waals surface area contributed by atoms with E-state index in [4.69, 9.17) is 9.47 Å². The first-order valence-electron chi connectivity index (χ1n) is 4.64. The van der Waals surface area contributed by atoms with E-state index in [1.54, 1.807) is 0 Å². The lowest BCUT2D eigenvalue weighted by Crippen LogP contribution is -2.14. The lowest BCUT2D eigenvalue weighted by molar-refractivity contribution is -0.126. The van der Waals surface area contributed by atoms with Gasteiger partial charge >= 0.3 is 0 Å². The Morgan fingerprint density at radius 1 is 1.46 bits per heavy atom. The summed E-state index contributed by atoms with van der Waals surface area (Å²) in [5.74, 6) is 0.152. The lowest BCUT2D eigenvalue weighted by Gasteiger charge is -2.07. The van der Waals surface area contributed by atoms with E-state index in [9.17, 15) is 4.79 Å². The Balaban J connectivity index is 2.20. The quantitative estimate of drug-likeness (QED) is 0.610. The molecule has 13 heavy (non-hydrogen) atoms. The number of allylic oxidation sites excluding steroid dienone is 1. The molecule has 3 heteroatoms. The summed E-state index contributed by atoms with van der Waals surface area (Å²) in [7, 11) is 0. The first-order chi connectivity index (χ1) is 6.22. The smallest absolute Gasteiger partial charge is 0.164 e. The highest BCUT2D eigenvalue weighted by molar-refractivity contribution is 5.81. The summed E-state index contributed by atoms with van der Waals surface area (Å²) in [6, 6.07) is 0. The third-order valence-corrected chi connectivity index (χ3v) is 2.03. The molecule has 0 bridgehead atoms. The van der Waals surface area contributed by atoms with Crippen LogP contribution in [-0.4, -0.2) is 25.3 Å². The van der Waals surface area contributed by atoms with Crippen molar-refractivity contribution in [2.75, 3.05) is 13.2 Å². The van der Waals surface area contributed by atoms with Crippen molar-refractivity contribution in [2.24, 2.45) is 0 Å². The van der Waals surface area contributed by atoms with Gasteiger partial charge in [-0.15, -0.1) is 0 Å². The molecule has 0 unspecified atom stereocenters. The van der Waals surface area contributed by atoms with Gasteiger partial charge in [-0.3, -0.25) is 4.79 Å². The summed E-state index contributed by atoms with van der Waals surface area (Å²) < 4.78 is 10.3. The Morgan fingerprint density at radius 2 is 2.08 bits per heavy atom. The minimum absolute atomic E-state index is 0.152. The van der Waals surface area contributed by atoms with E-state index in [1.165, 1.54) is 0 Å². The largest absolute Gasteiger partial charge is 0.350 e. The number of carbonyl (C=O) groups excluding carboxylic acids is 1. The van der Waals surface area contributed by atoms with Crippen molar-refractivity contribution in [1.82, 2.24) is 0 Å². The molecule has 0 radical (unpaired) electrons. The summed E-state index contributed by atoms with van der Waals surface area (Å²) >= 11 is 0. The highest BCUT2D eigenvalue weighted by atomic mass is 16.7. The number of Topliss-reactive ketones (excluding diaryl/α,β-unsaturated/α-hetero) is 1. The molecule has 0 saturated carbocycles. The molecule has 0 aromatic rings. The van der Waals surface area contributed by atoms with Crippen LogP contribution < -0.4 is 0 Å². The van der Waals surface area contributed by atoms with Gasteiger partial charge in [0.05, 0.1) is 19.6 Å². The van der Waals surface area contributed by atoms with Crippen LogP contribution in [0.2, 0.25) is 0 Å². The van der Waals surface area contributed by atoms with E-state index in [1.807, 2.05) is 6.92 Å². The van der Waals surface area contributed by atoms with Crippen molar-refractivity contribution in [3.05, 3.63) is 12.2 Å². The lowest BCUT2D eigenvalue weighted by atomic mass is 10.1. The fourth-order valence-electron chi connectivity index (χ4n) is 1.19. The molecule has 0 aromatic heterocycles. The average molecular weight is 184 g/mol. The number of rotatable bonds is 5. The summed E-state index contributed by atoms with van der Waals surface area (Å²) in [6.07, 6.45) is 1.37. The number of hydrogen-bond donors (Lipinski definition) is 0. The molecule has 0 atom stereocenters. The zero-order chi connectivity index (χ0) is 9.68. The predicted molar refractivity (Wildman–Crippen MR) is 49.4 cm³/mol. The fraction of sp³-hybridized carbons (Fsp3) is 0.700. The fourth-order valence-corrected chi connectivity index (χ4v) is 1.19. The van der Waals surface area contributed by atoms with Crippen LogP contribution in [0.15, 0.2) is 12.2 Å². The molecule has 1 fully saturated rings. The highest BCUT2D eigenvalue weighted by Gasteiger charge is 2.19. The predicted octanol–water partition coefficient (Wildman–Crippen LogP) is 1.67. The molecule has 1 aliphatic rings. The van der Waals surface area contributed by atoms with Crippen LogP contribution >= 0.6 is 0 Å². The number of hydrogen-bond acceptors (Lipinski definition) is 3. The molecule has 0 aliphatic carbocycles. The van der Waals surface area contributed by atoms with Crippen molar-refractivity contribution < 1.29 is 14.3 Å². The van der Waals surface area contributed by atoms with Gasteiger partial charge in [-0.25, -0.2) is 0 Å². The molecule has 1 rings (SSSR count). The first kappa shape index (κ1) is 10.4. The third kappa shape index (κ3) is 3.70. The summed E-state index contributed by atoms with van der Waals surface area (Å²) in [5.41, 5.74) is 0.975. The van der Waals surface area contributed by atoms with E-state index in [0.29, 0.717) is 26.1 Å². The van der Waals surface area contributed by atoms with Crippen LogP contribution in [0.5, 0.6) is 0 Å². The third-order valence-electron chi connectivity index (χ3n) is 2.03. The van der Waals surface area contributed by atoms with E-state index in [0.717, 1.165) is 12.0 Å². The SMILES string of the molecule is C=C(CC)CC(=O)CC1OCCO1. The van der Waals surface area contributed by atoms with Crippen LogP contribution in [0.1, 0.15) is 26.2 Å². The van der Waals surface area contributed by atoms with Crippen molar-refractivity contribution in [1.29, 1.82) is 0 Å². The topological polar surface area (TPSA) is 35.5 Å². The Morgan fingerprint density at radius 3 is 2.62 bits per heavy atom. The van der Waals surface area contributed by atoms with Crippen molar-refractivity contribution in [3.8, 4) is 0 Å². The Hall–Kier alpha value is -0.670. The summed E-state index contributed by atoms with van der Waals surface area (Å²) in [6.45, 7) is 6.99. The molecule has 1 saturated heterocycles. The molecule has 0 spiro atoms. The zero-order valence-electron chi connectivity index (χ0n) is 8.04. The normalized spacial score (nSPS) is 17.6. The number of ketones is 1. The molecular weight excluding hydrogens is 168 g/mol. The highest BCUT2D eigenvalue weighted by Crippen LogP contribution is 2.12. The van der Waals surface area contributed by atoms with E-state index < -0.39 is 0 Å². The van der Waals surface area contributed by atoms with Gasteiger partial charge in [0.1, 0.15) is 5.78 Å². The molecular formula is C10H16O3. The molecule has 1 aliphatic heterocycles. The molecule has 74 valence electrons. The van der Waals surface area contributed by atoms with Crippen LogP contribution in [0.4, 0.5) is 0 Å². The maximum Gasteiger partial charge on any atom is 0.164 e. The van der Waals surface area contributed by atoms with E-state index in [2.05, 4.69) is 6.58 Å². The van der Waals surface area contributed by atoms with Gasteiger partial charge in [-0.05, 0) is 6.42 Å². The van der Waals surface area contributed by atoms with E-state index >= 15 is 0 Å². The standard InChI is InChI=1S/C10H16O3/c1-3-8(2)6-9(11)7-10-12-4-5-13-10/h10H,2-7H2,1H3. The number of carbonyl (C=O) groups is 1. The van der Waals surface area contributed by atoms with E-state index in [-0.39, 0.29) is 12.1 Å². The van der Waals surface area contributed by atoms with Crippen LogP contribution in [0, 0.1) is 0 Å². The van der Waals surface area contributed by atoms with Gasteiger partial charge in [0, 0.05) is 6.42 Å². The van der Waals surface area contributed by atoms with Gasteiger partial charge in [0.15, 0.2) is 6.29 Å². The first-order valence-corrected chi connectivity index (χ1v) is 4.64. The maximum atomic E-state index is 11.3. The monoisotopic (exact) mass is 184 g/mol. The number of ether oxygens (including phenoxy) is 2. The maximum absolute atomic E-state index is 11.3.